The smallest absolute Gasteiger partial charge is 0.0538 e. The number of allylic oxidation sites excluding steroid dienone is 6. The summed E-state index contributed by atoms with van der Waals surface area (Å²) in [5.74, 6) is 1.32. The molecule has 51 heavy (non-hydrogen) atoms. The van der Waals surface area contributed by atoms with Crippen LogP contribution in [0.2, 0.25) is 0 Å². The fourth-order valence-electron chi connectivity index (χ4n) is 10.1. The summed E-state index contributed by atoms with van der Waals surface area (Å²) in [7, 11) is 0. The van der Waals surface area contributed by atoms with Crippen molar-refractivity contribution in [1.82, 2.24) is 9.47 Å². The molecule has 0 N–H and O–H groups in total. The van der Waals surface area contributed by atoms with Gasteiger partial charge in [-0.3, -0.25) is 4.90 Å². The van der Waals surface area contributed by atoms with Crippen LogP contribution in [-0.2, 0) is 11.8 Å². The van der Waals surface area contributed by atoms with E-state index in [1.165, 1.54) is 72.4 Å². The molecule has 2 heterocycles. The molecule has 4 atom stereocenters. The van der Waals surface area contributed by atoms with Crippen LogP contribution in [-0.4, -0.2) is 28.6 Å². The number of fused-ring (bicyclic) bond motifs is 9. The third kappa shape index (κ3) is 4.87. The second-order valence-electron chi connectivity index (χ2n) is 16.0. The minimum absolute atomic E-state index is 0.0124. The molecule has 1 aromatic heterocycles. The van der Waals surface area contributed by atoms with Crippen molar-refractivity contribution in [2.75, 3.05) is 13.1 Å². The maximum atomic E-state index is 2.73. The molecular formula is C49H46N2. The number of aromatic nitrogens is 1. The van der Waals surface area contributed by atoms with Gasteiger partial charge in [0, 0.05) is 58.7 Å². The van der Waals surface area contributed by atoms with Gasteiger partial charge in [0.05, 0.1) is 5.52 Å². The molecule has 4 aromatic carbocycles. The van der Waals surface area contributed by atoms with Crippen molar-refractivity contribution < 1.29 is 0 Å². The van der Waals surface area contributed by atoms with Crippen LogP contribution < -0.4 is 0 Å². The molecule has 2 nitrogen and oxygen atoms in total. The van der Waals surface area contributed by atoms with E-state index in [2.05, 4.69) is 170 Å². The molecule has 10 rings (SSSR count). The Hall–Kier alpha value is -4.92. The summed E-state index contributed by atoms with van der Waals surface area (Å²) >= 11 is 0. The Kier molecular flexibility index (Phi) is 7.15. The molecule has 1 aliphatic heterocycles. The molecule has 0 saturated heterocycles. The molecule has 0 radical (unpaired) electrons. The molecule has 2 heteroatoms. The van der Waals surface area contributed by atoms with Gasteiger partial charge in [0.15, 0.2) is 0 Å². The van der Waals surface area contributed by atoms with Gasteiger partial charge in [0.1, 0.15) is 0 Å². The first-order valence-corrected chi connectivity index (χ1v) is 19.1. The molecule has 0 bridgehead atoms. The zero-order valence-corrected chi connectivity index (χ0v) is 30.0. The molecule has 0 saturated carbocycles. The van der Waals surface area contributed by atoms with Gasteiger partial charge in [-0.15, -0.1) is 0 Å². The lowest BCUT2D eigenvalue weighted by Crippen LogP contribution is -2.42. The molecule has 5 aromatic rings. The summed E-state index contributed by atoms with van der Waals surface area (Å²) in [5.41, 5.74) is 16.6. The summed E-state index contributed by atoms with van der Waals surface area (Å²) in [4.78, 5) is 2.73. The van der Waals surface area contributed by atoms with Crippen molar-refractivity contribution in [3.8, 4) is 27.9 Å². The number of benzene rings is 4. The van der Waals surface area contributed by atoms with Crippen LogP contribution in [0.25, 0.3) is 44.9 Å². The Balaban J connectivity index is 1.06. The van der Waals surface area contributed by atoms with Crippen LogP contribution in [0, 0.1) is 5.92 Å². The molecule has 5 aliphatic rings. The van der Waals surface area contributed by atoms with Crippen molar-refractivity contribution in [1.29, 1.82) is 0 Å². The Morgan fingerprint density at radius 2 is 1.53 bits per heavy atom. The average molecular weight is 663 g/mol. The van der Waals surface area contributed by atoms with Crippen molar-refractivity contribution >= 4 is 17.0 Å². The van der Waals surface area contributed by atoms with E-state index in [0.29, 0.717) is 23.8 Å². The lowest BCUT2D eigenvalue weighted by Gasteiger charge is -2.40. The molecule has 0 amide bonds. The van der Waals surface area contributed by atoms with E-state index >= 15 is 0 Å². The van der Waals surface area contributed by atoms with E-state index in [1.807, 2.05) is 0 Å². The number of rotatable bonds is 3. The van der Waals surface area contributed by atoms with Gasteiger partial charge in [-0.2, -0.15) is 0 Å². The third-order valence-corrected chi connectivity index (χ3v) is 12.7. The molecule has 4 aliphatic carbocycles. The zero-order valence-electron chi connectivity index (χ0n) is 30.0. The second-order valence-corrected chi connectivity index (χ2v) is 16.0. The van der Waals surface area contributed by atoms with Crippen LogP contribution >= 0.6 is 0 Å². The molecular weight excluding hydrogens is 617 g/mol. The SMILES string of the molecule is CC1CN(C2C=CC=CC2)CC2C=CC=CC2c2cc(-c3ccc4c(c3)c3c(n4-c4ccc5c(c4)-c4ccccc4C5(C)C)CCC=C3)ccc21. The molecule has 4 unspecified atom stereocenters. The van der Waals surface area contributed by atoms with Crippen molar-refractivity contribution in [3.05, 3.63) is 167 Å². The Morgan fingerprint density at radius 1 is 0.706 bits per heavy atom. The van der Waals surface area contributed by atoms with E-state index in [1.54, 1.807) is 0 Å². The average Bonchev–Trinajstić information content (AvgIpc) is 3.62. The number of nitrogens with zero attached hydrogens (tertiary/aromatic N) is 2. The zero-order chi connectivity index (χ0) is 34.3. The molecule has 0 spiro atoms. The highest BCUT2D eigenvalue weighted by molar-refractivity contribution is 5.96. The van der Waals surface area contributed by atoms with Crippen molar-refractivity contribution in [3.63, 3.8) is 0 Å². The summed E-state index contributed by atoms with van der Waals surface area (Å²) < 4.78 is 2.56. The third-order valence-electron chi connectivity index (χ3n) is 12.7. The van der Waals surface area contributed by atoms with E-state index < -0.39 is 0 Å². The minimum atomic E-state index is 0.0124. The van der Waals surface area contributed by atoms with Crippen molar-refractivity contribution in [2.24, 2.45) is 5.92 Å². The van der Waals surface area contributed by atoms with Gasteiger partial charge < -0.3 is 4.57 Å². The van der Waals surface area contributed by atoms with E-state index in [9.17, 15) is 0 Å². The van der Waals surface area contributed by atoms with Crippen molar-refractivity contribution in [2.45, 2.75) is 63.3 Å². The highest BCUT2D eigenvalue weighted by Gasteiger charge is 2.36. The fourth-order valence-corrected chi connectivity index (χ4v) is 10.1. The summed E-state index contributed by atoms with van der Waals surface area (Å²) in [6, 6.07) is 31.3. The van der Waals surface area contributed by atoms with E-state index in [-0.39, 0.29) is 5.41 Å². The summed E-state index contributed by atoms with van der Waals surface area (Å²) in [5, 5.41) is 1.35. The minimum Gasteiger partial charge on any atom is -0.313 e. The lowest BCUT2D eigenvalue weighted by molar-refractivity contribution is 0.186. The normalized spacial score (nSPS) is 24.1. The first-order valence-electron chi connectivity index (χ1n) is 19.1. The topological polar surface area (TPSA) is 8.17 Å². The van der Waals surface area contributed by atoms with Gasteiger partial charge in [-0.1, -0.05) is 136 Å². The maximum absolute atomic E-state index is 2.73. The number of hydrogen-bond donors (Lipinski definition) is 0. The summed E-state index contributed by atoms with van der Waals surface area (Å²) in [6.45, 7) is 9.34. The van der Waals surface area contributed by atoms with E-state index in [4.69, 9.17) is 0 Å². The van der Waals surface area contributed by atoms with Crippen LogP contribution in [0.1, 0.15) is 79.0 Å². The monoisotopic (exact) mass is 662 g/mol. The first kappa shape index (κ1) is 30.9. The number of hydrogen-bond acceptors (Lipinski definition) is 1. The maximum Gasteiger partial charge on any atom is 0.0538 e. The lowest BCUT2D eigenvalue weighted by atomic mass is 9.75. The van der Waals surface area contributed by atoms with E-state index in [0.717, 1.165) is 32.4 Å². The highest BCUT2D eigenvalue weighted by Crippen LogP contribution is 2.50. The van der Waals surface area contributed by atoms with Crippen LogP contribution in [0.3, 0.4) is 0 Å². The molecule has 0 fully saturated rings. The van der Waals surface area contributed by atoms with Gasteiger partial charge in [-0.05, 0) is 94.0 Å². The second kappa shape index (κ2) is 11.8. The fraction of sp³-hybridized carbons (Fsp3) is 0.265. The quantitative estimate of drug-likeness (QED) is 0.187. The Bertz CT molecular complexity index is 2370. The Morgan fingerprint density at radius 3 is 2.43 bits per heavy atom. The van der Waals surface area contributed by atoms with Crippen LogP contribution in [0.5, 0.6) is 0 Å². The largest absolute Gasteiger partial charge is 0.313 e. The first-order chi connectivity index (χ1) is 25.0. The highest BCUT2D eigenvalue weighted by atomic mass is 15.2. The standard InChI is InChI=1S/C49H46N2/c1-32-30-50(36-14-5-4-6-15-36)31-35-13-7-8-16-39(35)42-27-33(21-24-38(32)42)34-22-26-48-44(28-34)41-18-10-12-20-47(41)51(48)37-23-25-46-43(29-37)40-17-9-11-19-45(40)49(46,2)3/h4-11,13-14,16-19,21-29,32,35-36,39H,12,15,20,30-31H2,1-3H3. The predicted octanol–water partition coefficient (Wildman–Crippen LogP) is 11.7. The van der Waals surface area contributed by atoms with Crippen LogP contribution in [0.15, 0.2) is 134 Å². The van der Waals surface area contributed by atoms with Gasteiger partial charge in [-0.25, -0.2) is 0 Å². The Labute approximate surface area is 302 Å². The summed E-state index contributed by atoms with van der Waals surface area (Å²) in [6.07, 6.45) is 26.6. The predicted molar refractivity (Wildman–Crippen MR) is 215 cm³/mol. The molecule has 252 valence electrons. The van der Waals surface area contributed by atoms with Crippen LogP contribution in [0.4, 0.5) is 0 Å². The van der Waals surface area contributed by atoms with Gasteiger partial charge >= 0.3 is 0 Å². The van der Waals surface area contributed by atoms with Gasteiger partial charge in [0.2, 0.25) is 0 Å². The van der Waals surface area contributed by atoms with Gasteiger partial charge in [0.25, 0.3) is 0 Å².